The van der Waals surface area contributed by atoms with Crippen molar-refractivity contribution in [2.75, 3.05) is 0 Å². The first-order valence-electron chi connectivity index (χ1n) is 4.13. The molecule has 5 heteroatoms. The monoisotopic (exact) mass is 195 g/mol. The second-order valence-electron chi connectivity index (χ2n) is 3.05. The van der Waals surface area contributed by atoms with Crippen LogP contribution in [0.2, 0.25) is 0 Å². The molecule has 0 aromatic heterocycles. The SMILES string of the molecule is CCC(C)N(OP(O)O)C(C)C. The number of hydrogen-bond donors (Lipinski definition) is 2. The molecule has 0 rings (SSSR count). The molecule has 0 bridgehead atoms. The van der Waals surface area contributed by atoms with Gasteiger partial charge in [-0.2, -0.15) is 5.06 Å². The number of nitrogens with zero attached hydrogens (tertiary/aromatic N) is 1. The Morgan fingerprint density at radius 2 is 1.83 bits per heavy atom. The first kappa shape index (κ1) is 12.3. The fourth-order valence-corrected chi connectivity index (χ4v) is 1.47. The molecule has 1 atom stereocenters. The fourth-order valence-electron chi connectivity index (χ4n) is 0.948. The summed E-state index contributed by atoms with van der Waals surface area (Å²) in [5.41, 5.74) is 0. The molecule has 0 saturated heterocycles. The van der Waals surface area contributed by atoms with Crippen LogP contribution in [0, 0.1) is 0 Å². The van der Waals surface area contributed by atoms with Crippen molar-refractivity contribution >= 4 is 8.60 Å². The van der Waals surface area contributed by atoms with Gasteiger partial charge in [-0.15, -0.1) is 0 Å². The van der Waals surface area contributed by atoms with Gasteiger partial charge in [0.05, 0.1) is 0 Å². The smallest absolute Gasteiger partial charge is 0.327 e. The molecule has 0 heterocycles. The molecule has 4 nitrogen and oxygen atoms in total. The summed E-state index contributed by atoms with van der Waals surface area (Å²) in [6.07, 6.45) is 0.918. The topological polar surface area (TPSA) is 52.9 Å². The Hall–Kier alpha value is 0.270. The van der Waals surface area contributed by atoms with Crippen molar-refractivity contribution in [1.29, 1.82) is 0 Å². The van der Waals surface area contributed by atoms with Crippen molar-refractivity contribution in [2.45, 2.75) is 46.2 Å². The fraction of sp³-hybridized carbons (Fsp3) is 1.00. The molecular formula is C7H18NO3P. The van der Waals surface area contributed by atoms with Crippen molar-refractivity contribution in [3.05, 3.63) is 0 Å². The summed E-state index contributed by atoms with van der Waals surface area (Å²) in [7, 11) is -2.28. The molecule has 12 heavy (non-hydrogen) atoms. The van der Waals surface area contributed by atoms with E-state index in [0.29, 0.717) is 0 Å². The van der Waals surface area contributed by atoms with E-state index in [4.69, 9.17) is 14.4 Å². The van der Waals surface area contributed by atoms with Gasteiger partial charge < -0.3 is 9.79 Å². The molecule has 74 valence electrons. The highest BCUT2D eigenvalue weighted by molar-refractivity contribution is 7.39. The van der Waals surface area contributed by atoms with Crippen molar-refractivity contribution in [3.63, 3.8) is 0 Å². The minimum absolute atomic E-state index is 0.157. The lowest BCUT2D eigenvalue weighted by Crippen LogP contribution is -2.36. The van der Waals surface area contributed by atoms with Gasteiger partial charge in [0.15, 0.2) is 0 Å². The first-order chi connectivity index (χ1) is 5.49. The van der Waals surface area contributed by atoms with Gasteiger partial charge in [-0.1, -0.05) is 6.92 Å². The maximum absolute atomic E-state index is 8.67. The van der Waals surface area contributed by atoms with Gasteiger partial charge in [-0.3, -0.25) is 0 Å². The van der Waals surface area contributed by atoms with Gasteiger partial charge in [-0.25, -0.2) is 4.62 Å². The Kier molecular flexibility index (Phi) is 5.97. The summed E-state index contributed by atoms with van der Waals surface area (Å²) < 4.78 is 4.87. The van der Waals surface area contributed by atoms with E-state index in [1.165, 1.54) is 0 Å². The summed E-state index contributed by atoms with van der Waals surface area (Å²) in [6, 6.07) is 0.360. The molecule has 0 aromatic carbocycles. The molecule has 0 radical (unpaired) electrons. The van der Waals surface area contributed by atoms with Gasteiger partial charge in [0, 0.05) is 12.1 Å². The summed E-state index contributed by atoms with van der Waals surface area (Å²) in [5, 5.41) is 1.62. The van der Waals surface area contributed by atoms with Crippen molar-refractivity contribution in [1.82, 2.24) is 5.06 Å². The lowest BCUT2D eigenvalue weighted by atomic mass is 10.2. The largest absolute Gasteiger partial charge is 0.345 e. The number of rotatable bonds is 5. The van der Waals surface area contributed by atoms with Crippen molar-refractivity contribution in [3.8, 4) is 0 Å². The zero-order chi connectivity index (χ0) is 9.72. The van der Waals surface area contributed by atoms with Crippen LogP contribution in [-0.2, 0) is 4.62 Å². The Bertz CT molecular complexity index is 121. The van der Waals surface area contributed by atoms with Gasteiger partial charge >= 0.3 is 8.60 Å². The average molecular weight is 195 g/mol. The summed E-state index contributed by atoms with van der Waals surface area (Å²) in [4.78, 5) is 17.3. The third kappa shape index (κ3) is 4.33. The third-order valence-electron chi connectivity index (χ3n) is 1.70. The van der Waals surface area contributed by atoms with Gasteiger partial charge in [0.1, 0.15) is 0 Å². The molecule has 1 unspecified atom stereocenters. The Balaban J connectivity index is 4.03. The second kappa shape index (κ2) is 5.84. The van der Waals surface area contributed by atoms with E-state index in [0.717, 1.165) is 6.42 Å². The number of hydroxylamine groups is 2. The Morgan fingerprint density at radius 3 is 2.08 bits per heavy atom. The average Bonchev–Trinajstić information content (AvgIpc) is 1.98. The summed E-state index contributed by atoms with van der Waals surface area (Å²) in [6.45, 7) is 7.91. The normalized spacial score (nSPS) is 14.8. The predicted molar refractivity (Wildman–Crippen MR) is 49.2 cm³/mol. The van der Waals surface area contributed by atoms with E-state index in [1.54, 1.807) is 5.06 Å². The molecular weight excluding hydrogens is 177 g/mol. The van der Waals surface area contributed by atoms with Crippen LogP contribution in [0.25, 0.3) is 0 Å². The highest BCUT2D eigenvalue weighted by Gasteiger charge is 2.19. The number of hydrogen-bond acceptors (Lipinski definition) is 4. The van der Waals surface area contributed by atoms with E-state index < -0.39 is 8.60 Å². The third-order valence-corrected chi connectivity index (χ3v) is 2.04. The van der Waals surface area contributed by atoms with Gasteiger partial charge in [0.2, 0.25) is 0 Å². The van der Waals surface area contributed by atoms with Crippen LogP contribution in [0.4, 0.5) is 0 Å². The van der Waals surface area contributed by atoms with Crippen LogP contribution in [0.3, 0.4) is 0 Å². The minimum Gasteiger partial charge on any atom is -0.327 e. The molecule has 0 aliphatic carbocycles. The molecule has 0 aliphatic rings. The second-order valence-corrected chi connectivity index (χ2v) is 3.71. The summed E-state index contributed by atoms with van der Waals surface area (Å²) in [5.74, 6) is 0. The highest BCUT2D eigenvalue weighted by atomic mass is 31.2. The molecule has 2 N–H and O–H groups in total. The van der Waals surface area contributed by atoms with Crippen LogP contribution >= 0.6 is 8.60 Å². The van der Waals surface area contributed by atoms with Crippen LogP contribution < -0.4 is 0 Å². The molecule has 0 fully saturated rings. The van der Waals surface area contributed by atoms with Crippen LogP contribution in [0.1, 0.15) is 34.1 Å². The highest BCUT2D eigenvalue weighted by Crippen LogP contribution is 2.29. The van der Waals surface area contributed by atoms with E-state index in [2.05, 4.69) is 0 Å². The molecule has 0 saturated carbocycles. The van der Waals surface area contributed by atoms with E-state index in [9.17, 15) is 0 Å². The van der Waals surface area contributed by atoms with E-state index in [-0.39, 0.29) is 12.1 Å². The Labute approximate surface area is 75.1 Å². The van der Waals surface area contributed by atoms with Gasteiger partial charge in [-0.05, 0) is 27.2 Å². The molecule has 0 aliphatic heterocycles. The maximum atomic E-state index is 8.67. The predicted octanol–water partition coefficient (Wildman–Crippen LogP) is 1.64. The van der Waals surface area contributed by atoms with Crippen LogP contribution in [0.5, 0.6) is 0 Å². The molecule has 0 spiro atoms. The van der Waals surface area contributed by atoms with Gasteiger partial charge in [0.25, 0.3) is 0 Å². The van der Waals surface area contributed by atoms with Crippen LogP contribution in [-0.4, -0.2) is 26.9 Å². The molecule has 0 amide bonds. The van der Waals surface area contributed by atoms with E-state index in [1.807, 2.05) is 27.7 Å². The first-order valence-corrected chi connectivity index (χ1v) is 5.29. The lowest BCUT2D eigenvalue weighted by molar-refractivity contribution is -0.123. The summed E-state index contributed by atoms with van der Waals surface area (Å²) >= 11 is 0. The zero-order valence-corrected chi connectivity index (χ0v) is 8.95. The lowest BCUT2D eigenvalue weighted by Gasteiger charge is -2.30. The van der Waals surface area contributed by atoms with Crippen LogP contribution in [0.15, 0.2) is 0 Å². The zero-order valence-electron chi connectivity index (χ0n) is 8.06. The minimum atomic E-state index is -2.28. The maximum Gasteiger partial charge on any atom is 0.345 e. The molecule has 0 aromatic rings. The Morgan fingerprint density at radius 1 is 1.33 bits per heavy atom. The standard InChI is InChI=1S/C7H18NO3P/c1-5-7(4)8(6(2)3)11-12(9)10/h6-7,9-10H,5H2,1-4H3. The quantitative estimate of drug-likeness (QED) is 0.517. The van der Waals surface area contributed by atoms with Crippen molar-refractivity contribution < 1.29 is 14.4 Å². The van der Waals surface area contributed by atoms with E-state index >= 15 is 0 Å². The van der Waals surface area contributed by atoms with Crippen molar-refractivity contribution in [2.24, 2.45) is 0 Å².